The number of hydrogen-bond acceptors (Lipinski definition) is 5. The second-order valence-electron chi connectivity index (χ2n) is 6.71. The first-order valence-corrected chi connectivity index (χ1v) is 8.99. The number of imidazole rings is 1. The number of aromatic nitrogens is 3. The number of hydrogen-bond donors (Lipinski definition) is 2. The zero-order chi connectivity index (χ0) is 17.2. The van der Waals surface area contributed by atoms with Gasteiger partial charge in [0.05, 0.1) is 12.5 Å². The topological polar surface area (TPSA) is 75.1 Å². The average molecular weight is 340 g/mol. The number of aryl methyl sites for hydroxylation is 1. The van der Waals surface area contributed by atoms with E-state index in [2.05, 4.69) is 33.0 Å². The van der Waals surface area contributed by atoms with Crippen molar-refractivity contribution in [1.29, 1.82) is 0 Å². The summed E-state index contributed by atoms with van der Waals surface area (Å²) < 4.78 is 1.92. The van der Waals surface area contributed by atoms with E-state index in [4.69, 9.17) is 0 Å². The van der Waals surface area contributed by atoms with E-state index in [1.807, 2.05) is 28.8 Å². The standard InChI is InChI=1S/C18H24N6O/c1-2-23-12-20-11-16(23)18(25)24-9-3-4-15(24)17-14(10-21-22-17)13-5-7-19-8-6-13/h5-8,11-12,14-15,17,21-22H,2-4,9-10H2,1H3. The zero-order valence-electron chi connectivity index (χ0n) is 14.4. The fraction of sp³-hybridized carbons (Fsp3) is 0.500. The lowest BCUT2D eigenvalue weighted by atomic mass is 9.88. The van der Waals surface area contributed by atoms with Gasteiger partial charge in [-0.1, -0.05) is 0 Å². The third-order valence-corrected chi connectivity index (χ3v) is 5.41. The largest absolute Gasteiger partial charge is 0.333 e. The lowest BCUT2D eigenvalue weighted by molar-refractivity contribution is 0.0694. The maximum atomic E-state index is 13.1. The number of rotatable bonds is 4. The van der Waals surface area contributed by atoms with Gasteiger partial charge < -0.3 is 9.47 Å². The normalized spacial score (nSPS) is 26.3. The Morgan fingerprint density at radius 2 is 2.16 bits per heavy atom. The number of nitrogens with one attached hydrogen (secondary N) is 2. The third-order valence-electron chi connectivity index (χ3n) is 5.41. The Morgan fingerprint density at radius 1 is 1.32 bits per heavy atom. The Balaban J connectivity index is 1.58. The first-order valence-electron chi connectivity index (χ1n) is 8.99. The minimum absolute atomic E-state index is 0.0871. The van der Waals surface area contributed by atoms with Crippen LogP contribution in [-0.4, -0.2) is 50.5 Å². The monoisotopic (exact) mass is 340 g/mol. The number of pyridine rings is 1. The smallest absolute Gasteiger partial charge is 0.272 e. The Hall–Kier alpha value is -2.25. The zero-order valence-corrected chi connectivity index (χ0v) is 14.4. The van der Waals surface area contributed by atoms with Gasteiger partial charge in [-0.2, -0.15) is 0 Å². The Bertz CT molecular complexity index is 730. The van der Waals surface area contributed by atoms with Gasteiger partial charge in [-0.25, -0.2) is 4.98 Å². The van der Waals surface area contributed by atoms with Crippen LogP contribution in [0, 0.1) is 0 Å². The summed E-state index contributed by atoms with van der Waals surface area (Å²) in [5.41, 5.74) is 8.65. The predicted molar refractivity (Wildman–Crippen MR) is 93.9 cm³/mol. The van der Waals surface area contributed by atoms with Gasteiger partial charge in [-0.3, -0.25) is 20.6 Å². The second kappa shape index (κ2) is 6.93. The van der Waals surface area contributed by atoms with Crippen LogP contribution >= 0.6 is 0 Å². The Morgan fingerprint density at radius 3 is 2.96 bits per heavy atom. The first-order chi connectivity index (χ1) is 12.3. The van der Waals surface area contributed by atoms with E-state index in [1.54, 1.807) is 12.5 Å². The summed E-state index contributed by atoms with van der Waals surface area (Å²) in [5, 5.41) is 0. The minimum atomic E-state index is 0.0871. The van der Waals surface area contributed by atoms with Crippen molar-refractivity contribution in [3.63, 3.8) is 0 Å². The summed E-state index contributed by atoms with van der Waals surface area (Å²) in [6, 6.07) is 4.52. The van der Waals surface area contributed by atoms with Crippen LogP contribution < -0.4 is 10.9 Å². The molecule has 2 aliphatic rings. The van der Waals surface area contributed by atoms with Crippen molar-refractivity contribution >= 4 is 5.91 Å². The molecule has 3 atom stereocenters. The average Bonchev–Trinajstić information content (AvgIpc) is 3.40. The highest BCUT2D eigenvalue weighted by Gasteiger charge is 2.42. The molecule has 0 saturated carbocycles. The fourth-order valence-electron chi connectivity index (χ4n) is 4.13. The lowest BCUT2D eigenvalue weighted by Gasteiger charge is -2.32. The van der Waals surface area contributed by atoms with Crippen LogP contribution in [0.1, 0.15) is 41.7 Å². The highest BCUT2D eigenvalue weighted by atomic mass is 16.2. The van der Waals surface area contributed by atoms with Gasteiger partial charge >= 0.3 is 0 Å². The highest BCUT2D eigenvalue weighted by Crippen LogP contribution is 2.31. The minimum Gasteiger partial charge on any atom is -0.333 e. The molecule has 0 spiro atoms. The molecule has 0 aliphatic carbocycles. The molecule has 25 heavy (non-hydrogen) atoms. The molecule has 4 rings (SSSR count). The van der Waals surface area contributed by atoms with Crippen molar-refractivity contribution in [2.75, 3.05) is 13.1 Å². The summed E-state index contributed by atoms with van der Waals surface area (Å²) in [7, 11) is 0. The maximum Gasteiger partial charge on any atom is 0.272 e. The molecule has 7 nitrogen and oxygen atoms in total. The van der Waals surface area contributed by atoms with E-state index < -0.39 is 0 Å². The van der Waals surface area contributed by atoms with Gasteiger partial charge in [-0.15, -0.1) is 0 Å². The number of carbonyl (C=O) groups excluding carboxylic acids is 1. The van der Waals surface area contributed by atoms with Crippen molar-refractivity contribution in [1.82, 2.24) is 30.3 Å². The summed E-state index contributed by atoms with van der Waals surface area (Å²) in [6.07, 6.45) is 9.14. The van der Waals surface area contributed by atoms with Crippen LogP contribution in [0.2, 0.25) is 0 Å². The quantitative estimate of drug-likeness (QED) is 0.874. The molecule has 0 bridgehead atoms. The first kappa shape index (κ1) is 16.2. The molecule has 2 aromatic heterocycles. The van der Waals surface area contributed by atoms with Crippen molar-refractivity contribution in [3.8, 4) is 0 Å². The van der Waals surface area contributed by atoms with E-state index in [9.17, 15) is 4.79 Å². The number of nitrogens with zero attached hydrogens (tertiary/aromatic N) is 4. The van der Waals surface area contributed by atoms with Gasteiger partial charge in [0, 0.05) is 50.0 Å². The summed E-state index contributed by atoms with van der Waals surface area (Å²) in [4.78, 5) is 23.4. The molecular weight excluding hydrogens is 316 g/mol. The molecule has 0 aromatic carbocycles. The molecule has 2 saturated heterocycles. The molecule has 2 N–H and O–H groups in total. The third kappa shape index (κ3) is 2.94. The summed E-state index contributed by atoms with van der Waals surface area (Å²) >= 11 is 0. The molecule has 2 aromatic rings. The second-order valence-corrected chi connectivity index (χ2v) is 6.71. The van der Waals surface area contributed by atoms with Crippen LogP contribution in [-0.2, 0) is 6.54 Å². The summed E-state index contributed by atoms with van der Waals surface area (Å²) in [5.74, 6) is 0.418. The molecule has 2 fully saturated rings. The van der Waals surface area contributed by atoms with Gasteiger partial charge in [0.25, 0.3) is 5.91 Å². The Labute approximate surface area is 147 Å². The van der Waals surface area contributed by atoms with Gasteiger partial charge in [0.1, 0.15) is 5.69 Å². The lowest BCUT2D eigenvalue weighted by Crippen LogP contribution is -2.50. The number of amides is 1. The number of likely N-dealkylation sites (tertiary alicyclic amines) is 1. The van der Waals surface area contributed by atoms with Crippen molar-refractivity contribution in [3.05, 3.63) is 48.3 Å². The molecule has 132 valence electrons. The molecule has 3 unspecified atom stereocenters. The van der Waals surface area contributed by atoms with Crippen LogP contribution in [0.4, 0.5) is 0 Å². The SMILES string of the molecule is CCn1cncc1C(=O)N1CCCC1C1NNCC1c1ccncc1. The molecule has 4 heterocycles. The predicted octanol–water partition coefficient (Wildman–Crippen LogP) is 1.16. The van der Waals surface area contributed by atoms with Gasteiger partial charge in [0.2, 0.25) is 0 Å². The molecule has 0 radical (unpaired) electrons. The van der Waals surface area contributed by atoms with Crippen LogP contribution in [0.15, 0.2) is 37.1 Å². The van der Waals surface area contributed by atoms with Crippen molar-refractivity contribution < 1.29 is 4.79 Å². The molecule has 1 amide bonds. The highest BCUT2D eigenvalue weighted by molar-refractivity contribution is 5.93. The van der Waals surface area contributed by atoms with E-state index >= 15 is 0 Å². The Kier molecular flexibility index (Phi) is 4.50. The van der Waals surface area contributed by atoms with Crippen LogP contribution in [0.3, 0.4) is 0 Å². The van der Waals surface area contributed by atoms with E-state index in [1.165, 1.54) is 5.56 Å². The molecule has 7 heteroatoms. The molecule has 2 aliphatic heterocycles. The van der Waals surface area contributed by atoms with Crippen LogP contribution in [0.25, 0.3) is 0 Å². The van der Waals surface area contributed by atoms with Gasteiger partial charge in [-0.05, 0) is 37.5 Å². The van der Waals surface area contributed by atoms with Crippen molar-refractivity contribution in [2.45, 2.75) is 44.3 Å². The maximum absolute atomic E-state index is 13.1. The summed E-state index contributed by atoms with van der Waals surface area (Å²) in [6.45, 7) is 4.45. The number of hydrazine groups is 1. The number of carbonyl (C=O) groups is 1. The fourth-order valence-corrected chi connectivity index (χ4v) is 4.13. The van der Waals surface area contributed by atoms with Crippen LogP contribution in [0.5, 0.6) is 0 Å². The van der Waals surface area contributed by atoms with Crippen molar-refractivity contribution in [2.24, 2.45) is 0 Å². The van der Waals surface area contributed by atoms with E-state index in [-0.39, 0.29) is 18.0 Å². The molecular formula is C18H24N6O. The van der Waals surface area contributed by atoms with E-state index in [0.29, 0.717) is 11.6 Å². The van der Waals surface area contributed by atoms with E-state index in [0.717, 1.165) is 32.5 Å². The van der Waals surface area contributed by atoms with Gasteiger partial charge in [0.15, 0.2) is 0 Å².